The van der Waals surface area contributed by atoms with E-state index in [0.29, 0.717) is 11.3 Å². The van der Waals surface area contributed by atoms with Gasteiger partial charge in [-0.3, -0.25) is 4.79 Å². The van der Waals surface area contributed by atoms with Crippen molar-refractivity contribution in [1.82, 2.24) is 4.98 Å². The second kappa shape index (κ2) is 3.68. The van der Waals surface area contributed by atoms with Crippen LogP contribution in [0.25, 0.3) is 15.9 Å². The van der Waals surface area contributed by atoms with Crippen LogP contribution in [0, 0.1) is 0 Å². The number of aromatic nitrogens is 1. The lowest BCUT2D eigenvalue weighted by atomic mass is 10.1. The standard InChI is InChI=1S/C11H8ClNO/c12-10(5-6-14)9-7-13-11-4-2-1-3-8(9)11/h1-7,13H/b10-5-. The van der Waals surface area contributed by atoms with E-state index in [9.17, 15) is 4.79 Å². The van der Waals surface area contributed by atoms with E-state index in [1.807, 2.05) is 24.3 Å². The van der Waals surface area contributed by atoms with Gasteiger partial charge in [-0.2, -0.15) is 0 Å². The SMILES string of the molecule is O=C/C=C(\Cl)c1c[nH]c2ccccc12. The van der Waals surface area contributed by atoms with Gasteiger partial charge in [-0.05, 0) is 12.1 Å². The van der Waals surface area contributed by atoms with Gasteiger partial charge in [0.2, 0.25) is 0 Å². The fourth-order valence-electron chi connectivity index (χ4n) is 1.42. The van der Waals surface area contributed by atoms with Crippen molar-refractivity contribution in [2.24, 2.45) is 0 Å². The minimum Gasteiger partial charge on any atom is -0.361 e. The lowest BCUT2D eigenvalue weighted by Gasteiger charge is -1.94. The van der Waals surface area contributed by atoms with Crippen LogP contribution in [-0.2, 0) is 4.79 Å². The topological polar surface area (TPSA) is 32.9 Å². The number of fused-ring (bicyclic) bond motifs is 1. The average Bonchev–Trinajstić information content (AvgIpc) is 2.61. The summed E-state index contributed by atoms with van der Waals surface area (Å²) < 4.78 is 0. The number of para-hydroxylation sites is 1. The summed E-state index contributed by atoms with van der Waals surface area (Å²) in [4.78, 5) is 13.4. The van der Waals surface area contributed by atoms with Gasteiger partial charge in [-0.25, -0.2) is 0 Å². The van der Waals surface area contributed by atoms with E-state index in [-0.39, 0.29) is 0 Å². The zero-order valence-electron chi connectivity index (χ0n) is 7.33. The molecule has 3 heteroatoms. The van der Waals surface area contributed by atoms with Crippen molar-refractivity contribution < 1.29 is 4.79 Å². The van der Waals surface area contributed by atoms with Crippen molar-refractivity contribution >= 4 is 33.8 Å². The Balaban J connectivity index is 2.64. The fraction of sp³-hybridized carbons (Fsp3) is 0. The number of aromatic amines is 1. The van der Waals surface area contributed by atoms with Crippen molar-refractivity contribution in [3.8, 4) is 0 Å². The second-order valence-electron chi connectivity index (χ2n) is 2.90. The number of hydrogen-bond acceptors (Lipinski definition) is 1. The van der Waals surface area contributed by atoms with Crippen LogP contribution in [0.1, 0.15) is 5.56 Å². The molecule has 0 aliphatic rings. The number of nitrogens with one attached hydrogen (secondary N) is 1. The number of rotatable bonds is 2. The monoisotopic (exact) mass is 205 g/mol. The number of hydrogen-bond donors (Lipinski definition) is 1. The Morgan fingerprint density at radius 3 is 2.93 bits per heavy atom. The van der Waals surface area contributed by atoms with Gasteiger partial charge in [0.25, 0.3) is 0 Å². The number of allylic oxidation sites excluding steroid dienone is 1. The Bertz CT molecular complexity index is 499. The van der Waals surface area contributed by atoms with Gasteiger partial charge in [0.15, 0.2) is 0 Å². The molecular weight excluding hydrogens is 198 g/mol. The largest absolute Gasteiger partial charge is 0.361 e. The Morgan fingerprint density at radius 1 is 1.36 bits per heavy atom. The summed E-state index contributed by atoms with van der Waals surface area (Å²) in [5, 5.41) is 1.48. The Labute approximate surface area is 86.2 Å². The fourth-order valence-corrected chi connectivity index (χ4v) is 1.63. The van der Waals surface area contributed by atoms with Crippen molar-refractivity contribution in [3.63, 3.8) is 0 Å². The molecule has 0 fully saturated rings. The molecule has 0 saturated heterocycles. The molecule has 1 aromatic carbocycles. The summed E-state index contributed by atoms with van der Waals surface area (Å²) in [7, 11) is 0. The first-order valence-electron chi connectivity index (χ1n) is 4.20. The highest BCUT2D eigenvalue weighted by Crippen LogP contribution is 2.26. The molecule has 0 radical (unpaired) electrons. The molecule has 2 aromatic rings. The third kappa shape index (κ3) is 1.44. The van der Waals surface area contributed by atoms with Crippen molar-refractivity contribution in [2.45, 2.75) is 0 Å². The molecule has 2 rings (SSSR count). The third-order valence-electron chi connectivity index (χ3n) is 2.06. The molecule has 14 heavy (non-hydrogen) atoms. The molecule has 1 heterocycles. The Hall–Kier alpha value is -1.54. The van der Waals surface area contributed by atoms with Crippen LogP contribution in [0.2, 0.25) is 0 Å². The van der Waals surface area contributed by atoms with Crippen LogP contribution >= 0.6 is 11.6 Å². The van der Waals surface area contributed by atoms with Crippen LogP contribution < -0.4 is 0 Å². The van der Waals surface area contributed by atoms with E-state index in [2.05, 4.69) is 4.98 Å². The van der Waals surface area contributed by atoms with Gasteiger partial charge in [-0.1, -0.05) is 29.8 Å². The predicted octanol–water partition coefficient (Wildman–Crippen LogP) is 2.95. The molecule has 2 nitrogen and oxygen atoms in total. The maximum Gasteiger partial charge on any atom is 0.144 e. The maximum absolute atomic E-state index is 10.3. The highest BCUT2D eigenvalue weighted by Gasteiger charge is 2.04. The Morgan fingerprint density at radius 2 is 2.14 bits per heavy atom. The molecule has 0 spiro atoms. The quantitative estimate of drug-likeness (QED) is 0.594. The van der Waals surface area contributed by atoms with Crippen LogP contribution in [0.4, 0.5) is 0 Å². The molecule has 0 saturated carbocycles. The van der Waals surface area contributed by atoms with Crippen LogP contribution in [0.3, 0.4) is 0 Å². The van der Waals surface area contributed by atoms with Gasteiger partial charge >= 0.3 is 0 Å². The van der Waals surface area contributed by atoms with Crippen molar-refractivity contribution in [2.75, 3.05) is 0 Å². The molecule has 1 aromatic heterocycles. The molecule has 0 aliphatic carbocycles. The average molecular weight is 206 g/mol. The smallest absolute Gasteiger partial charge is 0.144 e. The summed E-state index contributed by atoms with van der Waals surface area (Å²) in [5.74, 6) is 0. The Kier molecular flexibility index (Phi) is 2.37. The predicted molar refractivity (Wildman–Crippen MR) is 58.2 cm³/mol. The molecule has 70 valence electrons. The van der Waals surface area contributed by atoms with E-state index >= 15 is 0 Å². The third-order valence-corrected chi connectivity index (χ3v) is 2.39. The zero-order chi connectivity index (χ0) is 9.97. The first-order chi connectivity index (χ1) is 6.83. The number of halogens is 1. The molecule has 0 aliphatic heterocycles. The highest BCUT2D eigenvalue weighted by molar-refractivity contribution is 6.50. The van der Waals surface area contributed by atoms with Gasteiger partial charge in [0.1, 0.15) is 6.29 Å². The number of benzene rings is 1. The van der Waals surface area contributed by atoms with Crippen LogP contribution in [-0.4, -0.2) is 11.3 Å². The van der Waals surface area contributed by atoms with E-state index in [1.54, 1.807) is 6.20 Å². The summed E-state index contributed by atoms with van der Waals surface area (Å²) in [6.07, 6.45) is 3.83. The molecule has 0 unspecified atom stereocenters. The molecule has 0 atom stereocenters. The minimum absolute atomic E-state index is 0.456. The second-order valence-corrected chi connectivity index (χ2v) is 3.31. The molecule has 0 amide bonds. The van der Waals surface area contributed by atoms with Gasteiger partial charge < -0.3 is 4.98 Å². The van der Waals surface area contributed by atoms with E-state index in [1.165, 1.54) is 6.08 Å². The van der Waals surface area contributed by atoms with E-state index < -0.39 is 0 Å². The van der Waals surface area contributed by atoms with Gasteiger partial charge in [0, 0.05) is 22.7 Å². The summed E-state index contributed by atoms with van der Waals surface area (Å²) in [5.41, 5.74) is 1.87. The molecule has 0 bridgehead atoms. The minimum atomic E-state index is 0.456. The summed E-state index contributed by atoms with van der Waals surface area (Å²) >= 11 is 5.94. The van der Waals surface area contributed by atoms with Crippen LogP contribution in [0.15, 0.2) is 36.5 Å². The normalized spacial score (nSPS) is 11.9. The summed E-state index contributed by atoms with van der Waals surface area (Å²) in [6, 6.07) is 7.80. The maximum atomic E-state index is 10.3. The van der Waals surface area contributed by atoms with Crippen molar-refractivity contribution in [1.29, 1.82) is 0 Å². The van der Waals surface area contributed by atoms with Gasteiger partial charge in [0.05, 0.1) is 5.03 Å². The highest BCUT2D eigenvalue weighted by atomic mass is 35.5. The van der Waals surface area contributed by atoms with Gasteiger partial charge in [-0.15, -0.1) is 0 Å². The zero-order valence-corrected chi connectivity index (χ0v) is 8.08. The number of carbonyl (C=O) groups is 1. The van der Waals surface area contributed by atoms with Crippen molar-refractivity contribution in [3.05, 3.63) is 42.1 Å². The first kappa shape index (κ1) is 9.03. The lowest BCUT2D eigenvalue weighted by Crippen LogP contribution is -1.74. The van der Waals surface area contributed by atoms with E-state index in [0.717, 1.165) is 16.5 Å². The molecular formula is C11H8ClNO. The van der Waals surface area contributed by atoms with E-state index in [4.69, 9.17) is 11.6 Å². The number of H-pyrrole nitrogens is 1. The number of carbonyl (C=O) groups excluding carboxylic acids is 1. The first-order valence-corrected chi connectivity index (χ1v) is 4.58. The lowest BCUT2D eigenvalue weighted by molar-refractivity contribution is -0.104. The van der Waals surface area contributed by atoms with Crippen LogP contribution in [0.5, 0.6) is 0 Å². The number of aldehydes is 1. The molecule has 1 N–H and O–H groups in total. The summed E-state index contributed by atoms with van der Waals surface area (Å²) in [6.45, 7) is 0.